The quantitative estimate of drug-likeness (QED) is 0.774. The minimum atomic E-state index is -1.07. The van der Waals surface area contributed by atoms with E-state index in [1.165, 1.54) is 0 Å². The van der Waals surface area contributed by atoms with Crippen molar-refractivity contribution >= 4 is 23.5 Å². The third kappa shape index (κ3) is 3.72. The first-order valence-corrected chi connectivity index (χ1v) is 9.05. The molecule has 1 aliphatic rings. The van der Waals surface area contributed by atoms with Gasteiger partial charge >= 0.3 is 5.97 Å². The molecule has 1 aliphatic carbocycles. The highest BCUT2D eigenvalue weighted by Gasteiger charge is 2.33. The third-order valence-electron chi connectivity index (χ3n) is 4.62. The maximum atomic E-state index is 12.6. The Morgan fingerprint density at radius 1 is 1.38 bits per heavy atom. The number of carboxylic acids is 1. The summed E-state index contributed by atoms with van der Waals surface area (Å²) in [6.45, 7) is 3.66. The van der Waals surface area contributed by atoms with Gasteiger partial charge in [-0.1, -0.05) is 44.0 Å². The topological polar surface area (TPSA) is 97.1 Å². The molecule has 1 heterocycles. The Hall–Kier alpha value is -2.41. The van der Waals surface area contributed by atoms with E-state index in [-0.39, 0.29) is 17.7 Å². The van der Waals surface area contributed by atoms with Gasteiger partial charge in [-0.05, 0) is 30.9 Å². The molecule has 0 radical (unpaired) electrons. The van der Waals surface area contributed by atoms with E-state index in [0.717, 1.165) is 12.8 Å². The Bertz CT molecular complexity index is 832. The summed E-state index contributed by atoms with van der Waals surface area (Å²) in [7, 11) is 0. The predicted molar refractivity (Wildman–Crippen MR) is 96.7 cm³/mol. The first-order valence-electron chi connectivity index (χ1n) is 8.67. The first-order chi connectivity index (χ1) is 12.4. The monoisotopic (exact) mass is 376 g/mol. The molecular formula is C18H21ClN4O3. The van der Waals surface area contributed by atoms with E-state index in [4.69, 9.17) is 11.6 Å². The molecule has 0 saturated heterocycles. The zero-order valence-electron chi connectivity index (χ0n) is 14.6. The van der Waals surface area contributed by atoms with Gasteiger partial charge in [-0.15, -0.1) is 5.10 Å². The normalized spacial score (nSPS) is 16.1. The zero-order valence-corrected chi connectivity index (χ0v) is 15.4. The highest BCUT2D eigenvalue weighted by atomic mass is 35.5. The minimum absolute atomic E-state index is 0.0404. The van der Waals surface area contributed by atoms with E-state index in [1.807, 2.05) is 25.1 Å². The number of amides is 1. The SMILES string of the molecule is CC[C@H](C)[C@H](NC(=O)c1nc(C2CC2)n(-c2ccccc2Cl)n1)C(=O)O. The van der Waals surface area contributed by atoms with Crippen LogP contribution in [0.2, 0.25) is 5.02 Å². The van der Waals surface area contributed by atoms with Crippen LogP contribution < -0.4 is 5.32 Å². The standard InChI is InChI=1S/C18H21ClN4O3/c1-3-10(2)14(18(25)26)20-17(24)15-21-16(11-8-9-11)23(22-15)13-7-5-4-6-12(13)19/h4-7,10-11,14H,3,8-9H2,1-2H3,(H,20,24)(H,25,26)/t10-,14-/m0/s1. The molecule has 0 bridgehead atoms. The van der Waals surface area contributed by atoms with Gasteiger partial charge in [0.15, 0.2) is 0 Å². The lowest BCUT2D eigenvalue weighted by Gasteiger charge is -2.19. The summed E-state index contributed by atoms with van der Waals surface area (Å²) in [4.78, 5) is 28.4. The summed E-state index contributed by atoms with van der Waals surface area (Å²) in [5.41, 5.74) is 0.652. The van der Waals surface area contributed by atoms with Crippen molar-refractivity contribution in [2.45, 2.75) is 45.1 Å². The molecule has 138 valence electrons. The number of carbonyl (C=O) groups is 2. The second kappa shape index (κ2) is 7.45. The van der Waals surface area contributed by atoms with Crippen molar-refractivity contribution in [2.75, 3.05) is 0 Å². The van der Waals surface area contributed by atoms with E-state index in [2.05, 4.69) is 15.4 Å². The van der Waals surface area contributed by atoms with E-state index in [9.17, 15) is 14.7 Å². The molecule has 1 aromatic carbocycles. The second-order valence-corrected chi connectivity index (χ2v) is 7.01. The summed E-state index contributed by atoms with van der Waals surface area (Å²) in [6.07, 6.45) is 2.59. The second-order valence-electron chi connectivity index (χ2n) is 6.61. The zero-order chi connectivity index (χ0) is 18.8. The van der Waals surface area contributed by atoms with Crippen molar-refractivity contribution in [1.82, 2.24) is 20.1 Å². The Labute approximate surface area is 156 Å². The summed E-state index contributed by atoms with van der Waals surface area (Å²) < 4.78 is 1.59. The number of hydrogen-bond donors (Lipinski definition) is 2. The fourth-order valence-electron chi connectivity index (χ4n) is 2.72. The summed E-state index contributed by atoms with van der Waals surface area (Å²) in [5, 5.41) is 16.7. The van der Waals surface area contributed by atoms with Gasteiger partial charge < -0.3 is 10.4 Å². The van der Waals surface area contributed by atoms with Gasteiger partial charge in [-0.25, -0.2) is 14.5 Å². The molecule has 1 saturated carbocycles. The van der Waals surface area contributed by atoms with Gasteiger partial charge in [0.1, 0.15) is 11.9 Å². The highest BCUT2D eigenvalue weighted by molar-refractivity contribution is 6.32. The number of nitrogens with zero attached hydrogens (tertiary/aromatic N) is 3. The summed E-state index contributed by atoms with van der Waals surface area (Å²) >= 11 is 6.26. The molecule has 1 amide bonds. The predicted octanol–water partition coefficient (Wildman–Crippen LogP) is 3.03. The van der Waals surface area contributed by atoms with Crippen LogP contribution in [0, 0.1) is 5.92 Å². The number of carboxylic acid groups (broad SMARTS) is 1. The Morgan fingerprint density at radius 2 is 2.08 bits per heavy atom. The molecule has 2 N–H and O–H groups in total. The van der Waals surface area contributed by atoms with Gasteiger partial charge in [0.2, 0.25) is 5.82 Å². The molecule has 2 atom stereocenters. The number of aliphatic carboxylic acids is 1. The smallest absolute Gasteiger partial charge is 0.326 e. The van der Waals surface area contributed by atoms with E-state index >= 15 is 0 Å². The lowest BCUT2D eigenvalue weighted by atomic mass is 9.99. The lowest BCUT2D eigenvalue weighted by molar-refractivity contribution is -0.140. The Morgan fingerprint density at radius 3 is 2.65 bits per heavy atom. The number of halogens is 1. The third-order valence-corrected chi connectivity index (χ3v) is 4.94. The van der Waals surface area contributed by atoms with Crippen LogP contribution >= 0.6 is 11.6 Å². The highest BCUT2D eigenvalue weighted by Crippen LogP contribution is 2.40. The van der Waals surface area contributed by atoms with Crippen LogP contribution in [0.15, 0.2) is 24.3 Å². The van der Waals surface area contributed by atoms with Gasteiger partial charge in [0.25, 0.3) is 5.91 Å². The number of hydrogen-bond acceptors (Lipinski definition) is 4. The van der Waals surface area contributed by atoms with Crippen LogP contribution in [-0.4, -0.2) is 37.8 Å². The van der Waals surface area contributed by atoms with Crippen molar-refractivity contribution < 1.29 is 14.7 Å². The Balaban J connectivity index is 1.91. The molecule has 1 aromatic heterocycles. The maximum absolute atomic E-state index is 12.6. The van der Waals surface area contributed by atoms with Crippen LogP contribution in [0.25, 0.3) is 5.69 Å². The first kappa shape index (κ1) is 18.4. The molecule has 1 fully saturated rings. The van der Waals surface area contributed by atoms with Gasteiger partial charge in [0.05, 0.1) is 10.7 Å². The van der Waals surface area contributed by atoms with E-state index in [0.29, 0.717) is 23.0 Å². The fraction of sp³-hybridized carbons (Fsp3) is 0.444. The molecule has 2 aromatic rings. The van der Waals surface area contributed by atoms with Crippen molar-refractivity contribution in [1.29, 1.82) is 0 Å². The number of nitrogens with one attached hydrogen (secondary N) is 1. The van der Waals surface area contributed by atoms with Gasteiger partial charge in [0, 0.05) is 5.92 Å². The van der Waals surface area contributed by atoms with Crippen LogP contribution in [-0.2, 0) is 4.79 Å². The number of aromatic nitrogens is 3. The van der Waals surface area contributed by atoms with E-state index in [1.54, 1.807) is 17.7 Å². The molecule has 0 aliphatic heterocycles. The lowest BCUT2D eigenvalue weighted by Crippen LogP contribution is -2.45. The van der Waals surface area contributed by atoms with E-state index < -0.39 is 17.9 Å². The summed E-state index contributed by atoms with van der Waals surface area (Å²) in [5.74, 6) is -0.985. The molecule has 0 unspecified atom stereocenters. The average molecular weight is 377 g/mol. The van der Waals surface area contributed by atoms with Crippen LogP contribution in [0.5, 0.6) is 0 Å². The largest absolute Gasteiger partial charge is 0.480 e. The summed E-state index contributed by atoms with van der Waals surface area (Å²) in [6, 6.07) is 6.23. The molecule has 26 heavy (non-hydrogen) atoms. The number of para-hydroxylation sites is 1. The minimum Gasteiger partial charge on any atom is -0.480 e. The molecule has 8 heteroatoms. The van der Waals surface area contributed by atoms with Gasteiger partial charge in [-0.3, -0.25) is 4.79 Å². The van der Waals surface area contributed by atoms with Crippen molar-refractivity contribution in [3.8, 4) is 5.69 Å². The van der Waals surface area contributed by atoms with Gasteiger partial charge in [-0.2, -0.15) is 0 Å². The maximum Gasteiger partial charge on any atom is 0.326 e. The van der Waals surface area contributed by atoms with Crippen molar-refractivity contribution in [3.63, 3.8) is 0 Å². The van der Waals surface area contributed by atoms with Crippen LogP contribution in [0.4, 0.5) is 0 Å². The molecule has 7 nitrogen and oxygen atoms in total. The van der Waals surface area contributed by atoms with Crippen LogP contribution in [0.1, 0.15) is 55.5 Å². The molecular weight excluding hydrogens is 356 g/mol. The Kier molecular flexibility index (Phi) is 5.27. The number of rotatable bonds is 7. The number of carbonyl (C=O) groups excluding carboxylic acids is 1. The molecule has 0 spiro atoms. The molecule has 3 rings (SSSR count). The van der Waals surface area contributed by atoms with Crippen molar-refractivity contribution in [2.24, 2.45) is 5.92 Å². The van der Waals surface area contributed by atoms with Crippen molar-refractivity contribution in [3.05, 3.63) is 40.9 Å². The van der Waals surface area contributed by atoms with Crippen LogP contribution in [0.3, 0.4) is 0 Å². The number of benzene rings is 1. The average Bonchev–Trinajstić information content (AvgIpc) is 3.37. The fourth-order valence-corrected chi connectivity index (χ4v) is 2.93.